The largest absolute Gasteiger partial charge is 0.423 e. The number of hydrogen-bond donors (Lipinski definition) is 0. The average Bonchev–Trinajstić information content (AvgIpc) is 2.69. The molecule has 0 spiro atoms. The van der Waals surface area contributed by atoms with E-state index in [1.54, 1.807) is 6.07 Å². The molecule has 2 saturated heterocycles. The second-order valence-electron chi connectivity index (χ2n) is 7.28. The monoisotopic (exact) mass is 449 g/mol. The number of ether oxygens (including phenoxy) is 1. The standard InChI is InChI=1S/C20H24BrN3O4/c21-16-1-2-17-15(11-20(26)28-18(17)12-16)13-22-3-5-24(6-4-22)19(25)14-23-7-9-27-10-8-23/h1-2,11-12H,3-10,13-14H2. The summed E-state index contributed by atoms with van der Waals surface area (Å²) in [6, 6.07) is 7.32. The molecule has 4 rings (SSSR count). The van der Waals surface area contributed by atoms with Crippen LogP contribution in [0, 0.1) is 0 Å². The fourth-order valence-corrected chi connectivity index (χ4v) is 4.12. The lowest BCUT2D eigenvalue weighted by atomic mass is 10.1. The van der Waals surface area contributed by atoms with Gasteiger partial charge in [0.1, 0.15) is 5.58 Å². The molecule has 150 valence electrons. The molecule has 0 bridgehead atoms. The Morgan fingerprint density at radius 3 is 2.50 bits per heavy atom. The first-order valence-corrected chi connectivity index (χ1v) is 10.4. The lowest BCUT2D eigenvalue weighted by Gasteiger charge is -2.36. The summed E-state index contributed by atoms with van der Waals surface area (Å²) in [6.45, 7) is 7.24. The van der Waals surface area contributed by atoms with E-state index in [0.717, 1.165) is 41.6 Å². The van der Waals surface area contributed by atoms with Crippen molar-refractivity contribution >= 4 is 32.8 Å². The van der Waals surface area contributed by atoms with Gasteiger partial charge in [0.25, 0.3) is 0 Å². The number of amides is 1. The summed E-state index contributed by atoms with van der Waals surface area (Å²) in [5.74, 6) is 0.192. The molecule has 0 N–H and O–H groups in total. The molecule has 0 aliphatic carbocycles. The van der Waals surface area contributed by atoms with Crippen LogP contribution in [0.2, 0.25) is 0 Å². The van der Waals surface area contributed by atoms with E-state index in [1.165, 1.54) is 0 Å². The van der Waals surface area contributed by atoms with E-state index in [0.29, 0.717) is 45.0 Å². The van der Waals surface area contributed by atoms with Gasteiger partial charge in [-0.15, -0.1) is 0 Å². The van der Waals surface area contributed by atoms with Crippen LogP contribution in [0.15, 0.2) is 37.9 Å². The lowest BCUT2D eigenvalue weighted by molar-refractivity contribution is -0.135. The Bertz CT molecular complexity index is 902. The molecule has 3 heterocycles. The Morgan fingerprint density at radius 2 is 1.75 bits per heavy atom. The van der Waals surface area contributed by atoms with Gasteiger partial charge in [0, 0.05) is 61.7 Å². The minimum absolute atomic E-state index is 0.192. The van der Waals surface area contributed by atoms with Crippen LogP contribution in [-0.2, 0) is 16.1 Å². The third-order valence-electron chi connectivity index (χ3n) is 5.37. The maximum atomic E-state index is 12.5. The first-order chi connectivity index (χ1) is 13.6. The second-order valence-corrected chi connectivity index (χ2v) is 8.19. The zero-order valence-corrected chi connectivity index (χ0v) is 17.3. The number of carbonyl (C=O) groups excluding carboxylic acids is 1. The van der Waals surface area contributed by atoms with Crippen molar-refractivity contribution in [1.29, 1.82) is 0 Å². The summed E-state index contributed by atoms with van der Waals surface area (Å²) in [5, 5.41) is 0.952. The Balaban J connectivity index is 1.36. The molecular formula is C20H24BrN3O4. The van der Waals surface area contributed by atoms with Crippen molar-refractivity contribution in [3.05, 3.63) is 44.7 Å². The predicted octanol–water partition coefficient (Wildman–Crippen LogP) is 1.53. The molecular weight excluding hydrogens is 426 g/mol. The molecule has 7 nitrogen and oxygen atoms in total. The van der Waals surface area contributed by atoms with Gasteiger partial charge < -0.3 is 14.1 Å². The fourth-order valence-electron chi connectivity index (χ4n) is 3.78. The summed E-state index contributed by atoms with van der Waals surface area (Å²) in [6.07, 6.45) is 0. The van der Waals surface area contributed by atoms with Crippen molar-refractivity contribution < 1.29 is 13.9 Å². The van der Waals surface area contributed by atoms with Gasteiger partial charge in [0.05, 0.1) is 19.8 Å². The Labute approximate surface area is 172 Å². The summed E-state index contributed by atoms with van der Waals surface area (Å²) < 4.78 is 11.5. The summed E-state index contributed by atoms with van der Waals surface area (Å²) in [4.78, 5) is 30.9. The average molecular weight is 450 g/mol. The Kier molecular flexibility index (Phi) is 6.10. The Hall–Kier alpha value is -1.74. The van der Waals surface area contributed by atoms with Crippen molar-refractivity contribution in [1.82, 2.24) is 14.7 Å². The van der Waals surface area contributed by atoms with Crippen molar-refractivity contribution in [2.45, 2.75) is 6.54 Å². The van der Waals surface area contributed by atoms with Crippen LogP contribution in [0.5, 0.6) is 0 Å². The molecule has 2 fully saturated rings. The highest BCUT2D eigenvalue weighted by molar-refractivity contribution is 9.10. The number of morpholine rings is 1. The third kappa shape index (κ3) is 4.63. The van der Waals surface area contributed by atoms with Gasteiger partial charge in [-0.25, -0.2) is 4.79 Å². The van der Waals surface area contributed by atoms with Gasteiger partial charge in [-0.1, -0.05) is 15.9 Å². The van der Waals surface area contributed by atoms with E-state index in [9.17, 15) is 9.59 Å². The molecule has 1 amide bonds. The van der Waals surface area contributed by atoms with Crippen molar-refractivity contribution in [3.63, 3.8) is 0 Å². The lowest BCUT2D eigenvalue weighted by Crippen LogP contribution is -2.52. The van der Waals surface area contributed by atoms with E-state index in [2.05, 4.69) is 25.7 Å². The maximum absolute atomic E-state index is 12.5. The van der Waals surface area contributed by atoms with Gasteiger partial charge in [-0.2, -0.15) is 0 Å². The number of halogens is 1. The van der Waals surface area contributed by atoms with Gasteiger partial charge in [-0.3, -0.25) is 14.6 Å². The number of piperazine rings is 1. The van der Waals surface area contributed by atoms with E-state index in [1.807, 2.05) is 23.1 Å². The zero-order chi connectivity index (χ0) is 19.5. The van der Waals surface area contributed by atoms with E-state index < -0.39 is 0 Å². The van der Waals surface area contributed by atoms with E-state index in [-0.39, 0.29) is 11.5 Å². The normalized spacial score (nSPS) is 19.2. The first kappa shape index (κ1) is 19.6. The SMILES string of the molecule is O=C(CN1CCOCC1)N1CCN(Cc2cc(=O)oc3cc(Br)ccc23)CC1. The second kappa shape index (κ2) is 8.73. The predicted molar refractivity (Wildman–Crippen MR) is 109 cm³/mol. The highest BCUT2D eigenvalue weighted by Crippen LogP contribution is 2.23. The minimum atomic E-state index is -0.333. The number of carbonyl (C=O) groups is 1. The third-order valence-corrected chi connectivity index (χ3v) is 5.87. The van der Waals surface area contributed by atoms with Crippen LogP contribution >= 0.6 is 15.9 Å². The van der Waals surface area contributed by atoms with Gasteiger partial charge in [-0.05, 0) is 23.8 Å². The highest BCUT2D eigenvalue weighted by Gasteiger charge is 2.24. The molecule has 2 aliphatic rings. The molecule has 1 aromatic carbocycles. The molecule has 0 radical (unpaired) electrons. The van der Waals surface area contributed by atoms with Crippen molar-refractivity contribution in [2.75, 3.05) is 59.0 Å². The van der Waals surface area contributed by atoms with Gasteiger partial charge in [0.2, 0.25) is 5.91 Å². The molecule has 0 saturated carbocycles. The quantitative estimate of drug-likeness (QED) is 0.659. The molecule has 1 aromatic heterocycles. The topological polar surface area (TPSA) is 66.2 Å². The molecule has 0 atom stereocenters. The first-order valence-electron chi connectivity index (χ1n) is 9.61. The molecule has 0 unspecified atom stereocenters. The highest BCUT2D eigenvalue weighted by atomic mass is 79.9. The number of rotatable bonds is 4. The number of benzene rings is 1. The van der Waals surface area contributed by atoms with Crippen LogP contribution in [-0.4, -0.2) is 79.6 Å². The minimum Gasteiger partial charge on any atom is -0.423 e. The van der Waals surface area contributed by atoms with Crippen LogP contribution in [0.1, 0.15) is 5.56 Å². The van der Waals surface area contributed by atoms with Crippen LogP contribution < -0.4 is 5.63 Å². The Morgan fingerprint density at radius 1 is 1.00 bits per heavy atom. The molecule has 28 heavy (non-hydrogen) atoms. The van der Waals surface area contributed by atoms with Crippen LogP contribution in [0.25, 0.3) is 11.0 Å². The van der Waals surface area contributed by atoms with Crippen molar-refractivity contribution in [3.8, 4) is 0 Å². The number of nitrogens with zero attached hydrogens (tertiary/aromatic N) is 3. The van der Waals surface area contributed by atoms with Crippen LogP contribution in [0.4, 0.5) is 0 Å². The fraction of sp³-hybridized carbons (Fsp3) is 0.500. The summed E-state index contributed by atoms with van der Waals surface area (Å²) >= 11 is 3.42. The van der Waals surface area contributed by atoms with Crippen LogP contribution in [0.3, 0.4) is 0 Å². The summed E-state index contributed by atoms with van der Waals surface area (Å²) in [5.41, 5.74) is 1.22. The van der Waals surface area contributed by atoms with Crippen molar-refractivity contribution in [2.24, 2.45) is 0 Å². The summed E-state index contributed by atoms with van der Waals surface area (Å²) in [7, 11) is 0. The van der Waals surface area contributed by atoms with Gasteiger partial charge in [0.15, 0.2) is 0 Å². The van der Waals surface area contributed by atoms with E-state index >= 15 is 0 Å². The van der Waals surface area contributed by atoms with Gasteiger partial charge >= 0.3 is 5.63 Å². The molecule has 2 aliphatic heterocycles. The number of fused-ring (bicyclic) bond motifs is 1. The number of hydrogen-bond acceptors (Lipinski definition) is 6. The molecule has 2 aromatic rings. The zero-order valence-electron chi connectivity index (χ0n) is 15.7. The van der Waals surface area contributed by atoms with E-state index in [4.69, 9.17) is 9.15 Å². The maximum Gasteiger partial charge on any atom is 0.336 e. The smallest absolute Gasteiger partial charge is 0.336 e. The molecule has 8 heteroatoms.